The third-order valence-corrected chi connectivity index (χ3v) is 2.70. The van der Waals surface area contributed by atoms with Crippen LogP contribution in [0, 0.1) is 34.0 Å². The summed E-state index contributed by atoms with van der Waals surface area (Å²) in [6.07, 6.45) is 0.401. The summed E-state index contributed by atoms with van der Waals surface area (Å²) < 4.78 is 5.35. The summed E-state index contributed by atoms with van der Waals surface area (Å²) in [6.45, 7) is 0.302. The van der Waals surface area contributed by atoms with Crippen molar-refractivity contribution in [3.8, 4) is 24.0 Å². The second kappa shape index (κ2) is 8.96. The number of nitriles is 3. The standard InChI is InChI=1S/C15H14N4O2/c16-7-3-9-19(10-4-8-17)15(20)12-21-14-6-2-1-5-13(14)11-18/h1-2,5-6H,3-4,9-10,12H2. The fourth-order valence-corrected chi connectivity index (χ4v) is 1.65. The maximum absolute atomic E-state index is 12.0. The first kappa shape index (κ1) is 16.0. The number of carbonyl (C=O) groups is 1. The molecule has 6 heteroatoms. The highest BCUT2D eigenvalue weighted by molar-refractivity contribution is 5.77. The van der Waals surface area contributed by atoms with Crippen molar-refractivity contribution in [3.63, 3.8) is 0 Å². The summed E-state index contributed by atoms with van der Waals surface area (Å²) in [6, 6.07) is 12.5. The molecule has 0 aromatic heterocycles. The first-order chi connectivity index (χ1) is 10.2. The molecule has 0 radical (unpaired) electrons. The van der Waals surface area contributed by atoms with E-state index in [4.69, 9.17) is 20.5 Å². The van der Waals surface area contributed by atoms with Crippen LogP contribution in [0.5, 0.6) is 5.75 Å². The van der Waals surface area contributed by atoms with E-state index in [2.05, 4.69) is 0 Å². The predicted octanol–water partition coefficient (Wildman–Crippen LogP) is 1.59. The van der Waals surface area contributed by atoms with Crippen LogP contribution >= 0.6 is 0 Å². The first-order valence-corrected chi connectivity index (χ1v) is 6.36. The van der Waals surface area contributed by atoms with E-state index in [9.17, 15) is 4.79 Å². The molecule has 0 spiro atoms. The molecule has 1 aromatic carbocycles. The van der Waals surface area contributed by atoms with Crippen LogP contribution in [0.2, 0.25) is 0 Å². The van der Waals surface area contributed by atoms with Gasteiger partial charge in [0.25, 0.3) is 5.91 Å². The van der Waals surface area contributed by atoms with Crippen LogP contribution in [0.3, 0.4) is 0 Å². The lowest BCUT2D eigenvalue weighted by molar-refractivity contribution is -0.133. The van der Waals surface area contributed by atoms with Crippen molar-refractivity contribution in [1.82, 2.24) is 4.90 Å². The number of carbonyl (C=O) groups excluding carboxylic acids is 1. The van der Waals surface area contributed by atoms with E-state index >= 15 is 0 Å². The Kier molecular flexibility index (Phi) is 6.83. The summed E-state index contributed by atoms with van der Waals surface area (Å²) in [4.78, 5) is 13.4. The fourth-order valence-electron chi connectivity index (χ4n) is 1.65. The molecule has 1 rings (SSSR count). The summed E-state index contributed by atoms with van der Waals surface area (Å²) in [7, 11) is 0. The average molecular weight is 282 g/mol. The number of amides is 1. The molecular weight excluding hydrogens is 268 g/mol. The van der Waals surface area contributed by atoms with Crippen LogP contribution < -0.4 is 4.74 Å². The zero-order chi connectivity index (χ0) is 15.5. The minimum absolute atomic E-state index is 0.200. The molecule has 0 heterocycles. The van der Waals surface area contributed by atoms with Gasteiger partial charge in [0.1, 0.15) is 11.8 Å². The van der Waals surface area contributed by atoms with Crippen molar-refractivity contribution in [2.45, 2.75) is 12.8 Å². The third kappa shape index (κ3) is 5.22. The van der Waals surface area contributed by atoms with Crippen LogP contribution in [0.4, 0.5) is 0 Å². The lowest BCUT2D eigenvalue weighted by Gasteiger charge is -2.20. The zero-order valence-electron chi connectivity index (χ0n) is 11.5. The van der Waals surface area contributed by atoms with Crippen molar-refractivity contribution in [2.75, 3.05) is 19.7 Å². The van der Waals surface area contributed by atoms with Crippen LogP contribution in [-0.2, 0) is 4.79 Å². The van der Waals surface area contributed by atoms with Gasteiger partial charge in [-0.15, -0.1) is 0 Å². The quantitative estimate of drug-likeness (QED) is 0.755. The molecule has 0 fully saturated rings. The van der Waals surface area contributed by atoms with Gasteiger partial charge in [0.2, 0.25) is 0 Å². The van der Waals surface area contributed by atoms with Gasteiger partial charge in [-0.3, -0.25) is 4.79 Å². The highest BCUT2D eigenvalue weighted by Gasteiger charge is 2.14. The monoisotopic (exact) mass is 282 g/mol. The van der Waals surface area contributed by atoms with Gasteiger partial charge in [0.05, 0.1) is 30.5 Å². The summed E-state index contributed by atoms with van der Waals surface area (Å²) in [5.41, 5.74) is 0.353. The number of para-hydroxylation sites is 1. The minimum atomic E-state index is -0.312. The first-order valence-electron chi connectivity index (χ1n) is 6.36. The Morgan fingerprint density at radius 3 is 2.29 bits per heavy atom. The van der Waals surface area contributed by atoms with Gasteiger partial charge in [-0.1, -0.05) is 12.1 Å². The molecule has 0 unspecified atom stereocenters. The summed E-state index contributed by atoms with van der Waals surface area (Å²) in [5.74, 6) is 0.0297. The van der Waals surface area contributed by atoms with Crippen LogP contribution in [0.1, 0.15) is 18.4 Å². The number of hydrogen-bond donors (Lipinski definition) is 0. The molecule has 0 saturated heterocycles. The SMILES string of the molecule is N#CCCN(CCC#N)C(=O)COc1ccccc1C#N. The maximum Gasteiger partial charge on any atom is 0.260 e. The number of hydrogen-bond acceptors (Lipinski definition) is 5. The molecule has 1 amide bonds. The Balaban J connectivity index is 2.63. The number of nitrogens with zero attached hydrogens (tertiary/aromatic N) is 4. The minimum Gasteiger partial charge on any atom is -0.482 e. The second-order valence-electron chi connectivity index (χ2n) is 4.09. The Morgan fingerprint density at radius 1 is 1.10 bits per heavy atom. The molecule has 0 atom stereocenters. The molecule has 0 N–H and O–H groups in total. The smallest absolute Gasteiger partial charge is 0.260 e. The normalized spacial score (nSPS) is 9.00. The molecule has 1 aromatic rings. The van der Waals surface area contributed by atoms with Crippen LogP contribution in [0.15, 0.2) is 24.3 Å². The third-order valence-electron chi connectivity index (χ3n) is 2.70. The molecule has 0 aliphatic carbocycles. The zero-order valence-corrected chi connectivity index (χ0v) is 11.5. The van der Waals surface area contributed by atoms with Crippen molar-refractivity contribution >= 4 is 5.91 Å². The van der Waals surface area contributed by atoms with Gasteiger partial charge in [-0.25, -0.2) is 0 Å². The summed E-state index contributed by atoms with van der Waals surface area (Å²) in [5, 5.41) is 26.1. The van der Waals surface area contributed by atoms with Gasteiger partial charge in [0.15, 0.2) is 6.61 Å². The molecule has 0 bridgehead atoms. The molecule has 0 saturated carbocycles. The number of benzene rings is 1. The summed E-state index contributed by atoms with van der Waals surface area (Å²) >= 11 is 0. The van der Waals surface area contributed by atoms with Gasteiger partial charge >= 0.3 is 0 Å². The molecule has 6 nitrogen and oxygen atoms in total. The van der Waals surface area contributed by atoms with Gasteiger partial charge in [-0.05, 0) is 12.1 Å². The Hall–Kier alpha value is -3.04. The highest BCUT2D eigenvalue weighted by atomic mass is 16.5. The van der Waals surface area contributed by atoms with Gasteiger partial charge in [-0.2, -0.15) is 15.8 Å². The lowest BCUT2D eigenvalue weighted by Crippen LogP contribution is -2.36. The highest BCUT2D eigenvalue weighted by Crippen LogP contribution is 2.16. The van der Waals surface area contributed by atoms with Gasteiger partial charge in [0, 0.05) is 13.1 Å². The molecular formula is C15H14N4O2. The second-order valence-corrected chi connectivity index (χ2v) is 4.09. The van der Waals surface area contributed by atoms with E-state index in [0.717, 1.165) is 0 Å². The van der Waals surface area contributed by atoms with Crippen molar-refractivity contribution in [2.24, 2.45) is 0 Å². The average Bonchev–Trinajstić information content (AvgIpc) is 2.53. The van der Waals surface area contributed by atoms with E-state index in [1.807, 2.05) is 18.2 Å². The Labute approximate surface area is 123 Å². The number of ether oxygens (including phenoxy) is 1. The van der Waals surface area contributed by atoms with E-state index in [1.54, 1.807) is 24.3 Å². The van der Waals surface area contributed by atoms with E-state index in [0.29, 0.717) is 11.3 Å². The maximum atomic E-state index is 12.0. The molecule has 0 aliphatic rings. The van der Waals surface area contributed by atoms with E-state index in [1.165, 1.54) is 4.90 Å². The van der Waals surface area contributed by atoms with E-state index < -0.39 is 0 Å². The largest absolute Gasteiger partial charge is 0.482 e. The van der Waals surface area contributed by atoms with Crippen molar-refractivity contribution < 1.29 is 9.53 Å². The Bertz CT molecular complexity index is 589. The number of rotatable bonds is 7. The molecule has 0 aliphatic heterocycles. The molecule has 106 valence electrons. The predicted molar refractivity (Wildman–Crippen MR) is 73.7 cm³/mol. The molecule has 21 heavy (non-hydrogen) atoms. The topological polar surface area (TPSA) is 101 Å². The van der Waals surface area contributed by atoms with Crippen LogP contribution in [0.25, 0.3) is 0 Å². The van der Waals surface area contributed by atoms with Gasteiger partial charge < -0.3 is 9.64 Å². The van der Waals surface area contributed by atoms with Crippen LogP contribution in [-0.4, -0.2) is 30.5 Å². The van der Waals surface area contributed by atoms with Crippen molar-refractivity contribution in [1.29, 1.82) is 15.8 Å². The van der Waals surface area contributed by atoms with Crippen molar-refractivity contribution in [3.05, 3.63) is 29.8 Å². The fraction of sp³-hybridized carbons (Fsp3) is 0.333. The Morgan fingerprint density at radius 2 is 1.71 bits per heavy atom. The van der Waals surface area contributed by atoms with E-state index in [-0.39, 0.29) is 38.4 Å². The lowest BCUT2D eigenvalue weighted by atomic mass is 10.2.